The Morgan fingerprint density at radius 3 is 2.30 bits per heavy atom. The van der Waals surface area contributed by atoms with E-state index >= 15 is 0 Å². The smallest absolute Gasteiger partial charge is 0.233 e. The van der Waals surface area contributed by atoms with E-state index in [2.05, 4.69) is 21.9 Å². The third kappa shape index (κ3) is 2.68. The summed E-state index contributed by atoms with van der Waals surface area (Å²) in [6.45, 7) is 3.41. The second-order valence-electron chi connectivity index (χ2n) is 7.34. The van der Waals surface area contributed by atoms with Crippen molar-refractivity contribution < 1.29 is 9.90 Å². The molecule has 1 aromatic rings. The van der Waals surface area contributed by atoms with Gasteiger partial charge in [-0.2, -0.15) is 0 Å². The van der Waals surface area contributed by atoms with Crippen molar-refractivity contribution in [3.8, 4) is 0 Å². The molecule has 23 heavy (non-hydrogen) atoms. The molecule has 0 aromatic heterocycles. The maximum Gasteiger partial charge on any atom is 0.233 e. The molecule has 1 aromatic carbocycles. The predicted molar refractivity (Wildman–Crippen MR) is 89.2 cm³/mol. The van der Waals surface area contributed by atoms with Gasteiger partial charge in [0.25, 0.3) is 0 Å². The van der Waals surface area contributed by atoms with Crippen LogP contribution < -0.4 is 0 Å². The molecule has 124 valence electrons. The van der Waals surface area contributed by atoms with Crippen LogP contribution in [0.15, 0.2) is 30.3 Å². The summed E-state index contributed by atoms with van der Waals surface area (Å²) in [6.07, 6.45) is 4.96. The number of aliphatic hydroxyl groups excluding tert-OH is 1. The molecule has 2 atom stereocenters. The molecule has 4 nitrogen and oxygen atoms in total. The van der Waals surface area contributed by atoms with Gasteiger partial charge in [-0.3, -0.25) is 9.69 Å². The van der Waals surface area contributed by atoms with Crippen molar-refractivity contribution in [2.24, 2.45) is 0 Å². The lowest BCUT2D eigenvalue weighted by Crippen LogP contribution is -2.55. The quantitative estimate of drug-likeness (QED) is 0.925. The highest BCUT2D eigenvalue weighted by Gasteiger charge is 2.53. The fourth-order valence-corrected chi connectivity index (χ4v) is 4.41. The summed E-state index contributed by atoms with van der Waals surface area (Å²) in [6, 6.07) is 10.6. The number of carbonyl (C=O) groups excluding carboxylic acids is 1. The van der Waals surface area contributed by atoms with Crippen LogP contribution in [0.5, 0.6) is 0 Å². The Morgan fingerprint density at radius 1 is 1.04 bits per heavy atom. The molecule has 0 spiro atoms. The second-order valence-corrected chi connectivity index (χ2v) is 7.34. The number of aliphatic hydroxyl groups is 1. The van der Waals surface area contributed by atoms with Crippen LogP contribution in [0, 0.1) is 0 Å². The van der Waals surface area contributed by atoms with Crippen LogP contribution in [0.4, 0.5) is 0 Å². The number of hydrogen-bond donors (Lipinski definition) is 1. The van der Waals surface area contributed by atoms with E-state index in [0.717, 1.165) is 58.3 Å². The number of piperazine rings is 1. The minimum atomic E-state index is -0.240. The number of rotatable bonds is 3. The van der Waals surface area contributed by atoms with E-state index in [0.29, 0.717) is 11.9 Å². The zero-order valence-corrected chi connectivity index (χ0v) is 13.7. The number of nitrogens with zero attached hydrogens (tertiary/aromatic N) is 2. The van der Waals surface area contributed by atoms with Gasteiger partial charge in [0.05, 0.1) is 11.5 Å². The average Bonchev–Trinajstić information content (AvgIpc) is 3.31. The van der Waals surface area contributed by atoms with Crippen molar-refractivity contribution in [2.45, 2.75) is 49.7 Å². The van der Waals surface area contributed by atoms with Crippen LogP contribution in [0.1, 0.15) is 37.7 Å². The first kappa shape index (κ1) is 15.2. The average molecular weight is 314 g/mol. The molecule has 1 aliphatic heterocycles. The highest BCUT2D eigenvalue weighted by atomic mass is 16.3. The zero-order chi connectivity index (χ0) is 15.9. The Labute approximate surface area is 138 Å². The van der Waals surface area contributed by atoms with Crippen molar-refractivity contribution in [2.75, 3.05) is 26.2 Å². The first-order valence-corrected chi connectivity index (χ1v) is 8.98. The summed E-state index contributed by atoms with van der Waals surface area (Å²) in [5, 5.41) is 10.1. The third-order valence-electron chi connectivity index (χ3n) is 6.00. The highest BCUT2D eigenvalue weighted by Crippen LogP contribution is 2.49. The van der Waals surface area contributed by atoms with Gasteiger partial charge < -0.3 is 10.0 Å². The van der Waals surface area contributed by atoms with E-state index < -0.39 is 0 Å². The Hall–Kier alpha value is -1.39. The van der Waals surface area contributed by atoms with Crippen molar-refractivity contribution in [3.05, 3.63) is 35.9 Å². The van der Waals surface area contributed by atoms with Gasteiger partial charge in [0.1, 0.15) is 0 Å². The molecule has 0 radical (unpaired) electrons. The maximum atomic E-state index is 13.0. The molecule has 1 heterocycles. The van der Waals surface area contributed by atoms with Gasteiger partial charge in [-0.05, 0) is 37.7 Å². The predicted octanol–water partition coefficient (Wildman–Crippen LogP) is 1.78. The van der Waals surface area contributed by atoms with Crippen LogP contribution in [0.25, 0.3) is 0 Å². The zero-order valence-electron chi connectivity index (χ0n) is 13.7. The van der Waals surface area contributed by atoms with Crippen molar-refractivity contribution in [1.82, 2.24) is 9.80 Å². The van der Waals surface area contributed by atoms with Crippen LogP contribution in [-0.2, 0) is 10.2 Å². The van der Waals surface area contributed by atoms with Crippen LogP contribution in [0.3, 0.4) is 0 Å². The van der Waals surface area contributed by atoms with Gasteiger partial charge in [0.15, 0.2) is 0 Å². The molecule has 0 bridgehead atoms. The van der Waals surface area contributed by atoms with E-state index in [9.17, 15) is 9.90 Å². The van der Waals surface area contributed by atoms with Crippen LogP contribution in [0.2, 0.25) is 0 Å². The van der Waals surface area contributed by atoms with E-state index in [1.54, 1.807) is 0 Å². The lowest BCUT2D eigenvalue weighted by atomic mass is 9.94. The molecular formula is C19H26N2O2. The Morgan fingerprint density at radius 2 is 1.74 bits per heavy atom. The lowest BCUT2D eigenvalue weighted by Gasteiger charge is -2.40. The first-order valence-electron chi connectivity index (χ1n) is 8.98. The molecule has 1 saturated heterocycles. The van der Waals surface area contributed by atoms with Crippen LogP contribution in [-0.4, -0.2) is 59.1 Å². The van der Waals surface area contributed by atoms with Gasteiger partial charge in [0, 0.05) is 32.2 Å². The number of hydrogen-bond acceptors (Lipinski definition) is 3. The molecule has 4 rings (SSSR count). The molecule has 1 amide bonds. The fourth-order valence-electron chi connectivity index (χ4n) is 4.41. The molecule has 2 saturated carbocycles. The van der Waals surface area contributed by atoms with E-state index in [-0.39, 0.29) is 11.5 Å². The largest absolute Gasteiger partial charge is 0.391 e. The molecule has 1 N–H and O–H groups in total. The number of benzene rings is 1. The van der Waals surface area contributed by atoms with Crippen LogP contribution >= 0.6 is 0 Å². The number of carbonyl (C=O) groups is 1. The Kier molecular flexibility index (Phi) is 3.90. The Bertz CT molecular complexity index is 562. The first-order chi connectivity index (χ1) is 11.2. The molecule has 4 heteroatoms. The normalized spacial score (nSPS) is 30.4. The van der Waals surface area contributed by atoms with E-state index in [4.69, 9.17) is 0 Å². The minimum absolute atomic E-state index is 0.170. The summed E-state index contributed by atoms with van der Waals surface area (Å²) in [4.78, 5) is 17.5. The fraction of sp³-hybridized carbons (Fsp3) is 0.632. The monoisotopic (exact) mass is 314 g/mol. The van der Waals surface area contributed by atoms with Gasteiger partial charge in [-0.1, -0.05) is 30.3 Å². The molecule has 2 aliphatic carbocycles. The van der Waals surface area contributed by atoms with Gasteiger partial charge in [-0.25, -0.2) is 0 Å². The summed E-state index contributed by atoms with van der Waals surface area (Å²) in [7, 11) is 0. The summed E-state index contributed by atoms with van der Waals surface area (Å²) in [5.41, 5.74) is 0.940. The molecule has 0 unspecified atom stereocenters. The van der Waals surface area contributed by atoms with Gasteiger partial charge in [0.2, 0.25) is 5.91 Å². The van der Waals surface area contributed by atoms with Gasteiger partial charge >= 0.3 is 0 Å². The molecule has 3 aliphatic rings. The van der Waals surface area contributed by atoms with Crippen molar-refractivity contribution >= 4 is 5.91 Å². The lowest BCUT2D eigenvalue weighted by molar-refractivity contribution is -0.136. The summed E-state index contributed by atoms with van der Waals surface area (Å²) >= 11 is 0. The van der Waals surface area contributed by atoms with Crippen molar-refractivity contribution in [1.29, 1.82) is 0 Å². The second kappa shape index (κ2) is 5.91. The molecule has 3 fully saturated rings. The SMILES string of the molecule is O=C(N1CCN([C@@H]2CCC[C@@H]2O)CC1)C1(c2ccccc2)CC1. The number of amides is 1. The van der Waals surface area contributed by atoms with Crippen molar-refractivity contribution in [3.63, 3.8) is 0 Å². The van der Waals surface area contributed by atoms with E-state index in [1.165, 1.54) is 5.56 Å². The highest BCUT2D eigenvalue weighted by molar-refractivity contribution is 5.91. The Balaban J connectivity index is 1.40. The minimum Gasteiger partial charge on any atom is -0.391 e. The topological polar surface area (TPSA) is 43.8 Å². The standard InChI is InChI=1S/C19H26N2O2/c22-17-8-4-7-16(17)20-11-13-21(14-12-20)18(23)19(9-10-19)15-5-2-1-3-6-15/h1-3,5-6,16-17,22H,4,7-14H2/t16-,17+/m1/s1. The summed E-state index contributed by atoms with van der Waals surface area (Å²) < 4.78 is 0. The van der Waals surface area contributed by atoms with Gasteiger partial charge in [-0.15, -0.1) is 0 Å². The molecular weight excluding hydrogens is 288 g/mol. The maximum absolute atomic E-state index is 13.0. The third-order valence-corrected chi connectivity index (χ3v) is 6.00. The summed E-state index contributed by atoms with van der Waals surface area (Å²) in [5.74, 6) is 0.315. The van der Waals surface area contributed by atoms with E-state index in [1.807, 2.05) is 18.2 Å².